The number of pyridine rings is 1. The lowest BCUT2D eigenvalue weighted by molar-refractivity contribution is -0.139. The third kappa shape index (κ3) is 5.72. The molecule has 9 nitrogen and oxygen atoms in total. The molecule has 1 amide bonds. The molecule has 3 aromatic rings. The monoisotopic (exact) mass is 660 g/mol. The Morgan fingerprint density at radius 3 is 2.34 bits per heavy atom. The normalized spacial score (nSPS) is 22.6. The highest BCUT2D eigenvalue weighted by molar-refractivity contribution is 5.92. The number of ether oxygens (including phenoxy) is 2. The maximum Gasteiger partial charge on any atom is 0.419 e. The van der Waals surface area contributed by atoms with Crippen molar-refractivity contribution in [3.8, 4) is 17.3 Å². The van der Waals surface area contributed by atoms with Gasteiger partial charge in [0.15, 0.2) is 5.82 Å². The summed E-state index contributed by atoms with van der Waals surface area (Å²) in [6.45, 7) is 8.39. The lowest BCUT2D eigenvalue weighted by Crippen LogP contribution is -2.57. The van der Waals surface area contributed by atoms with Crippen LogP contribution in [0.2, 0.25) is 0 Å². The van der Waals surface area contributed by atoms with Gasteiger partial charge in [-0.3, -0.25) is 14.8 Å². The van der Waals surface area contributed by atoms with E-state index in [2.05, 4.69) is 14.9 Å². The fourth-order valence-corrected chi connectivity index (χ4v) is 7.87. The van der Waals surface area contributed by atoms with Crippen molar-refractivity contribution in [2.45, 2.75) is 88.7 Å². The van der Waals surface area contributed by atoms with E-state index in [0.717, 1.165) is 63.7 Å². The van der Waals surface area contributed by atoms with E-state index in [9.17, 15) is 22.4 Å². The molecule has 0 unspecified atom stereocenters. The van der Waals surface area contributed by atoms with Crippen LogP contribution in [-0.4, -0.2) is 86.9 Å². The first-order valence-electron chi connectivity index (χ1n) is 16.1. The Morgan fingerprint density at radius 1 is 1.02 bits per heavy atom. The zero-order valence-corrected chi connectivity index (χ0v) is 26.5. The summed E-state index contributed by atoms with van der Waals surface area (Å²) in [5.74, 6) is -2.35. The molecule has 4 fully saturated rings. The van der Waals surface area contributed by atoms with Crippen LogP contribution in [-0.2, 0) is 10.9 Å². The van der Waals surface area contributed by atoms with Gasteiger partial charge in [0.25, 0.3) is 0 Å². The number of nitrogens with zero attached hydrogens (tertiary/aromatic N) is 6. The minimum absolute atomic E-state index is 0.103. The molecule has 0 radical (unpaired) electrons. The summed E-state index contributed by atoms with van der Waals surface area (Å²) < 4.78 is 84.6. The average Bonchev–Trinajstić information content (AvgIpc) is 3.65. The number of amides is 1. The van der Waals surface area contributed by atoms with Gasteiger partial charge in [0.05, 0.1) is 23.0 Å². The van der Waals surface area contributed by atoms with Gasteiger partial charge in [0.1, 0.15) is 40.6 Å². The standard InChI is InChI=1S/C33H37F5N6O3/c1-31(2,3)47-30(45)44-19-9-10-20(44)17-42(16-19)28-22-15-39-26(21-7-4-8-23(34)24(21)33(36,37)38)25(35)27(22)40-29(41-28)46-18-32-11-5-13-43(32)14-6-12-32/h4,7-8,15,19-20H,5-6,9-14,16-18H2,1-3H3/t19-,20+. The van der Waals surface area contributed by atoms with Crippen molar-refractivity contribution in [3.05, 3.63) is 41.6 Å². The largest absolute Gasteiger partial charge is 0.461 e. The van der Waals surface area contributed by atoms with Gasteiger partial charge in [-0.15, -0.1) is 0 Å². The maximum absolute atomic E-state index is 16.4. The molecule has 0 saturated carbocycles. The van der Waals surface area contributed by atoms with E-state index in [4.69, 9.17) is 14.5 Å². The van der Waals surface area contributed by atoms with Crippen molar-refractivity contribution in [2.24, 2.45) is 0 Å². The molecule has 7 rings (SSSR count). The number of alkyl halides is 3. The molecule has 2 aromatic heterocycles. The van der Waals surface area contributed by atoms with Gasteiger partial charge < -0.3 is 14.4 Å². The minimum Gasteiger partial charge on any atom is -0.461 e. The molecule has 2 bridgehead atoms. The number of rotatable bonds is 5. The second-order valence-corrected chi connectivity index (χ2v) is 14.1. The number of halogens is 5. The highest BCUT2D eigenvalue weighted by Crippen LogP contribution is 2.43. The summed E-state index contributed by atoms with van der Waals surface area (Å²) in [5.41, 5.74) is -4.11. The Bertz CT molecular complexity index is 1690. The first-order valence-corrected chi connectivity index (χ1v) is 16.1. The fourth-order valence-electron chi connectivity index (χ4n) is 7.87. The van der Waals surface area contributed by atoms with Gasteiger partial charge in [0.2, 0.25) is 0 Å². The average molecular weight is 661 g/mol. The number of piperazine rings is 1. The van der Waals surface area contributed by atoms with Crippen LogP contribution in [0.3, 0.4) is 0 Å². The molecular formula is C33H37F5N6O3. The summed E-state index contributed by atoms with van der Waals surface area (Å²) in [5, 5.41) is 0.176. The minimum atomic E-state index is -5.09. The van der Waals surface area contributed by atoms with E-state index in [1.54, 1.807) is 4.90 Å². The Hall–Kier alpha value is -3.81. The Labute approximate surface area is 269 Å². The van der Waals surface area contributed by atoms with Crippen LogP contribution < -0.4 is 9.64 Å². The van der Waals surface area contributed by atoms with Crippen molar-refractivity contribution in [1.29, 1.82) is 0 Å². The smallest absolute Gasteiger partial charge is 0.419 e. The van der Waals surface area contributed by atoms with E-state index >= 15 is 4.39 Å². The molecule has 252 valence electrons. The number of anilines is 1. The number of aromatic nitrogens is 3. The molecular weight excluding hydrogens is 623 g/mol. The summed E-state index contributed by atoms with van der Waals surface area (Å²) in [4.78, 5) is 32.4. The summed E-state index contributed by atoms with van der Waals surface area (Å²) >= 11 is 0. The number of hydrogen-bond acceptors (Lipinski definition) is 8. The van der Waals surface area contributed by atoms with Gasteiger partial charge in [0, 0.05) is 24.8 Å². The van der Waals surface area contributed by atoms with Gasteiger partial charge >= 0.3 is 18.3 Å². The number of carbonyl (C=O) groups is 1. The second-order valence-electron chi connectivity index (χ2n) is 14.1. The number of fused-ring (bicyclic) bond motifs is 4. The van der Waals surface area contributed by atoms with E-state index in [1.165, 1.54) is 6.20 Å². The molecule has 2 atom stereocenters. The van der Waals surface area contributed by atoms with E-state index < -0.39 is 46.3 Å². The zero-order valence-electron chi connectivity index (χ0n) is 26.5. The highest BCUT2D eigenvalue weighted by Gasteiger charge is 2.47. The number of benzene rings is 1. The molecule has 14 heteroatoms. The lowest BCUT2D eigenvalue weighted by atomic mass is 9.95. The van der Waals surface area contributed by atoms with E-state index in [1.807, 2.05) is 25.7 Å². The van der Waals surface area contributed by atoms with Gasteiger partial charge in [-0.1, -0.05) is 12.1 Å². The number of carbonyl (C=O) groups excluding carboxylic acids is 1. The van der Waals surface area contributed by atoms with Crippen molar-refractivity contribution in [2.75, 3.05) is 37.7 Å². The van der Waals surface area contributed by atoms with Crippen LogP contribution in [0.1, 0.15) is 64.9 Å². The molecule has 4 aliphatic heterocycles. The van der Waals surface area contributed by atoms with Gasteiger partial charge in [-0.25, -0.2) is 13.6 Å². The maximum atomic E-state index is 16.4. The molecule has 4 saturated heterocycles. The summed E-state index contributed by atoms with van der Waals surface area (Å²) in [7, 11) is 0. The predicted octanol–water partition coefficient (Wildman–Crippen LogP) is 6.58. The second kappa shape index (κ2) is 11.4. The van der Waals surface area contributed by atoms with Crippen LogP contribution in [0, 0.1) is 11.6 Å². The zero-order chi connectivity index (χ0) is 33.3. The molecule has 0 aliphatic carbocycles. The van der Waals surface area contributed by atoms with Crippen LogP contribution in [0.4, 0.5) is 32.6 Å². The Morgan fingerprint density at radius 2 is 1.70 bits per heavy atom. The fraction of sp³-hybridized carbons (Fsp3) is 0.576. The molecule has 4 aliphatic rings. The van der Waals surface area contributed by atoms with Crippen LogP contribution >= 0.6 is 0 Å². The highest BCUT2D eigenvalue weighted by atomic mass is 19.4. The topological polar surface area (TPSA) is 83.9 Å². The third-order valence-electron chi connectivity index (χ3n) is 9.86. The first kappa shape index (κ1) is 31.8. The van der Waals surface area contributed by atoms with Crippen LogP contribution in [0.15, 0.2) is 24.4 Å². The molecule has 47 heavy (non-hydrogen) atoms. The van der Waals surface area contributed by atoms with Crippen molar-refractivity contribution < 1.29 is 36.2 Å². The third-order valence-corrected chi connectivity index (χ3v) is 9.86. The van der Waals surface area contributed by atoms with Crippen molar-refractivity contribution in [3.63, 3.8) is 0 Å². The van der Waals surface area contributed by atoms with Crippen molar-refractivity contribution >= 4 is 22.8 Å². The quantitative estimate of drug-likeness (QED) is 0.284. The SMILES string of the molecule is CC(C)(C)OC(=O)N1[C@@H]2CC[C@H]1CN(c1nc(OCC34CCCN3CCC4)nc3c(F)c(-c4cccc(F)c4C(F)(F)F)ncc13)C2. The Balaban J connectivity index is 1.29. The summed E-state index contributed by atoms with van der Waals surface area (Å²) in [6, 6.07) is 2.26. The van der Waals surface area contributed by atoms with Crippen molar-refractivity contribution in [1.82, 2.24) is 24.8 Å². The van der Waals surface area contributed by atoms with Crippen LogP contribution in [0.5, 0.6) is 6.01 Å². The molecule has 0 N–H and O–H groups in total. The van der Waals surface area contributed by atoms with Crippen LogP contribution in [0.25, 0.3) is 22.2 Å². The van der Waals surface area contributed by atoms with Gasteiger partial charge in [-0.05, 0) is 78.5 Å². The molecule has 0 spiro atoms. The Kier molecular flexibility index (Phi) is 7.72. The molecule has 6 heterocycles. The number of hydrogen-bond donors (Lipinski definition) is 0. The first-order chi connectivity index (χ1) is 22.2. The molecule has 1 aromatic carbocycles. The van der Waals surface area contributed by atoms with E-state index in [-0.39, 0.29) is 41.1 Å². The lowest BCUT2D eigenvalue weighted by Gasteiger charge is -2.42. The van der Waals surface area contributed by atoms with Gasteiger partial charge in [-0.2, -0.15) is 23.1 Å². The predicted molar refractivity (Wildman–Crippen MR) is 163 cm³/mol. The van der Waals surface area contributed by atoms with E-state index in [0.29, 0.717) is 25.0 Å². The summed E-state index contributed by atoms with van der Waals surface area (Å²) in [6.07, 6.45) is 1.20.